The summed E-state index contributed by atoms with van der Waals surface area (Å²) >= 11 is 0. The molecule has 0 spiro atoms. The number of aryl methyl sites for hydroxylation is 1. The van der Waals surface area contributed by atoms with Crippen LogP contribution in [0.5, 0.6) is 0 Å². The van der Waals surface area contributed by atoms with Crippen molar-refractivity contribution >= 4 is 0 Å². The molecule has 0 saturated carbocycles. The Morgan fingerprint density at radius 2 is 1.93 bits per heavy atom. The lowest BCUT2D eigenvalue weighted by Crippen LogP contribution is -1.92. The number of benzene rings is 1. The van der Waals surface area contributed by atoms with Gasteiger partial charge in [0.1, 0.15) is 12.0 Å². The van der Waals surface area contributed by atoms with E-state index in [2.05, 4.69) is 37.2 Å². The SMILES string of the molecule is Cc1conc1-c1ccccc1C(C)C. The van der Waals surface area contributed by atoms with E-state index >= 15 is 0 Å². The monoisotopic (exact) mass is 201 g/mol. The Morgan fingerprint density at radius 1 is 1.20 bits per heavy atom. The molecule has 1 aromatic heterocycles. The molecule has 0 N–H and O–H groups in total. The molecule has 15 heavy (non-hydrogen) atoms. The maximum atomic E-state index is 4.98. The molecule has 2 heteroatoms. The van der Waals surface area contributed by atoms with Crippen molar-refractivity contribution in [1.82, 2.24) is 5.16 Å². The first-order valence-electron chi connectivity index (χ1n) is 5.20. The van der Waals surface area contributed by atoms with Crippen molar-refractivity contribution in [3.8, 4) is 11.3 Å². The van der Waals surface area contributed by atoms with Gasteiger partial charge in [-0.1, -0.05) is 43.3 Å². The van der Waals surface area contributed by atoms with Crippen LogP contribution in [0.4, 0.5) is 0 Å². The molecule has 0 bridgehead atoms. The van der Waals surface area contributed by atoms with E-state index in [4.69, 9.17) is 4.52 Å². The van der Waals surface area contributed by atoms with Gasteiger partial charge in [-0.2, -0.15) is 0 Å². The maximum absolute atomic E-state index is 4.98. The van der Waals surface area contributed by atoms with Gasteiger partial charge < -0.3 is 4.52 Å². The predicted molar refractivity (Wildman–Crippen MR) is 60.8 cm³/mol. The van der Waals surface area contributed by atoms with Crippen molar-refractivity contribution in [2.24, 2.45) is 0 Å². The van der Waals surface area contributed by atoms with E-state index in [1.807, 2.05) is 13.0 Å². The number of aromatic nitrogens is 1. The van der Waals surface area contributed by atoms with Crippen molar-refractivity contribution in [2.75, 3.05) is 0 Å². The van der Waals surface area contributed by atoms with Crippen LogP contribution in [0.1, 0.15) is 30.9 Å². The second-order valence-corrected chi connectivity index (χ2v) is 4.09. The van der Waals surface area contributed by atoms with Crippen LogP contribution >= 0.6 is 0 Å². The minimum Gasteiger partial charge on any atom is -0.364 e. The van der Waals surface area contributed by atoms with Crippen molar-refractivity contribution in [1.29, 1.82) is 0 Å². The standard InChI is InChI=1S/C13H15NO/c1-9(2)11-6-4-5-7-12(11)13-10(3)8-15-14-13/h4-9H,1-3H3. The highest BCUT2D eigenvalue weighted by atomic mass is 16.5. The molecule has 0 aliphatic carbocycles. The lowest BCUT2D eigenvalue weighted by atomic mass is 9.94. The van der Waals surface area contributed by atoms with E-state index in [0.29, 0.717) is 5.92 Å². The molecule has 2 aromatic rings. The average molecular weight is 201 g/mol. The van der Waals surface area contributed by atoms with Crippen LogP contribution in [0.25, 0.3) is 11.3 Å². The van der Waals surface area contributed by atoms with Crippen molar-refractivity contribution in [3.63, 3.8) is 0 Å². The molecule has 0 aliphatic rings. The second-order valence-electron chi connectivity index (χ2n) is 4.09. The van der Waals surface area contributed by atoms with Gasteiger partial charge in [0, 0.05) is 11.1 Å². The number of nitrogens with zero attached hydrogens (tertiary/aromatic N) is 1. The Hall–Kier alpha value is -1.57. The third-order valence-corrected chi connectivity index (χ3v) is 2.58. The van der Waals surface area contributed by atoms with Crippen LogP contribution in [0.15, 0.2) is 35.1 Å². The smallest absolute Gasteiger partial charge is 0.127 e. The summed E-state index contributed by atoms with van der Waals surface area (Å²) in [5, 5.41) is 4.05. The van der Waals surface area contributed by atoms with Gasteiger partial charge in [-0.25, -0.2) is 0 Å². The van der Waals surface area contributed by atoms with Crippen LogP contribution in [-0.2, 0) is 0 Å². The van der Waals surface area contributed by atoms with Crippen LogP contribution in [0.3, 0.4) is 0 Å². The largest absolute Gasteiger partial charge is 0.364 e. The Kier molecular flexibility index (Phi) is 2.58. The molecule has 1 aromatic carbocycles. The summed E-state index contributed by atoms with van der Waals surface area (Å²) in [6.45, 7) is 6.39. The summed E-state index contributed by atoms with van der Waals surface area (Å²) in [6.07, 6.45) is 1.69. The minimum atomic E-state index is 0.497. The molecule has 0 saturated heterocycles. The summed E-state index contributed by atoms with van der Waals surface area (Å²) in [5.74, 6) is 0.497. The Labute approximate surface area is 89.9 Å². The highest BCUT2D eigenvalue weighted by Gasteiger charge is 2.12. The van der Waals surface area contributed by atoms with Gasteiger partial charge in [-0.3, -0.25) is 0 Å². The summed E-state index contributed by atoms with van der Waals surface area (Å²) in [5.41, 5.74) is 4.54. The van der Waals surface area contributed by atoms with Gasteiger partial charge in [0.2, 0.25) is 0 Å². The summed E-state index contributed by atoms with van der Waals surface area (Å²) in [6, 6.07) is 8.35. The van der Waals surface area contributed by atoms with Gasteiger partial charge in [0.15, 0.2) is 0 Å². The van der Waals surface area contributed by atoms with E-state index in [0.717, 1.165) is 11.3 Å². The fraction of sp³-hybridized carbons (Fsp3) is 0.308. The normalized spacial score (nSPS) is 10.9. The van der Waals surface area contributed by atoms with E-state index in [1.165, 1.54) is 11.1 Å². The van der Waals surface area contributed by atoms with Gasteiger partial charge >= 0.3 is 0 Å². The summed E-state index contributed by atoms with van der Waals surface area (Å²) in [4.78, 5) is 0. The Morgan fingerprint density at radius 3 is 2.53 bits per heavy atom. The molecular formula is C13H15NO. The fourth-order valence-electron chi connectivity index (χ4n) is 1.76. The molecule has 0 fully saturated rings. The minimum absolute atomic E-state index is 0.497. The zero-order valence-electron chi connectivity index (χ0n) is 9.32. The highest BCUT2D eigenvalue weighted by Crippen LogP contribution is 2.29. The first-order chi connectivity index (χ1) is 7.20. The Balaban J connectivity index is 2.58. The summed E-state index contributed by atoms with van der Waals surface area (Å²) in [7, 11) is 0. The quantitative estimate of drug-likeness (QED) is 0.739. The zero-order valence-corrected chi connectivity index (χ0v) is 9.32. The van der Waals surface area contributed by atoms with Crippen LogP contribution in [-0.4, -0.2) is 5.16 Å². The van der Waals surface area contributed by atoms with Crippen LogP contribution in [0.2, 0.25) is 0 Å². The van der Waals surface area contributed by atoms with Crippen molar-refractivity contribution in [3.05, 3.63) is 41.7 Å². The topological polar surface area (TPSA) is 26.0 Å². The molecule has 0 unspecified atom stereocenters. The first kappa shape index (κ1) is 9.97. The average Bonchev–Trinajstić information content (AvgIpc) is 2.64. The van der Waals surface area contributed by atoms with Crippen molar-refractivity contribution < 1.29 is 4.52 Å². The number of hydrogen-bond acceptors (Lipinski definition) is 2. The molecule has 2 nitrogen and oxygen atoms in total. The fourth-order valence-corrected chi connectivity index (χ4v) is 1.76. The molecule has 1 heterocycles. The van der Waals surface area contributed by atoms with Gasteiger partial charge in [0.05, 0.1) is 0 Å². The van der Waals surface area contributed by atoms with E-state index in [1.54, 1.807) is 6.26 Å². The maximum Gasteiger partial charge on any atom is 0.127 e. The van der Waals surface area contributed by atoms with E-state index in [-0.39, 0.29) is 0 Å². The number of hydrogen-bond donors (Lipinski definition) is 0. The lowest BCUT2D eigenvalue weighted by Gasteiger charge is -2.10. The lowest BCUT2D eigenvalue weighted by molar-refractivity contribution is 0.421. The molecular weight excluding hydrogens is 186 g/mol. The Bertz CT molecular complexity index is 457. The third-order valence-electron chi connectivity index (χ3n) is 2.58. The third kappa shape index (κ3) is 1.80. The van der Waals surface area contributed by atoms with E-state index < -0.39 is 0 Å². The van der Waals surface area contributed by atoms with Gasteiger partial charge in [-0.15, -0.1) is 0 Å². The second kappa shape index (κ2) is 3.89. The first-order valence-corrected chi connectivity index (χ1v) is 5.20. The predicted octanol–water partition coefficient (Wildman–Crippen LogP) is 3.77. The molecule has 2 rings (SSSR count). The zero-order chi connectivity index (χ0) is 10.8. The molecule has 0 amide bonds. The molecule has 0 atom stereocenters. The van der Waals surface area contributed by atoms with Crippen LogP contribution in [0, 0.1) is 6.92 Å². The van der Waals surface area contributed by atoms with Crippen molar-refractivity contribution in [2.45, 2.75) is 26.7 Å². The molecule has 0 aliphatic heterocycles. The summed E-state index contributed by atoms with van der Waals surface area (Å²) < 4.78 is 4.98. The molecule has 78 valence electrons. The van der Waals surface area contributed by atoms with Gasteiger partial charge in [-0.05, 0) is 18.4 Å². The van der Waals surface area contributed by atoms with Crippen LogP contribution < -0.4 is 0 Å². The van der Waals surface area contributed by atoms with Gasteiger partial charge in [0.25, 0.3) is 0 Å². The number of rotatable bonds is 2. The highest BCUT2D eigenvalue weighted by molar-refractivity contribution is 5.66. The molecule has 0 radical (unpaired) electrons. The van der Waals surface area contributed by atoms with E-state index in [9.17, 15) is 0 Å².